The van der Waals surface area contributed by atoms with Crippen molar-refractivity contribution < 1.29 is 19.7 Å². The molecule has 1 aliphatic carbocycles. The van der Waals surface area contributed by atoms with Crippen molar-refractivity contribution in [1.82, 2.24) is 0 Å². The lowest BCUT2D eigenvalue weighted by atomic mass is 9.87. The summed E-state index contributed by atoms with van der Waals surface area (Å²) in [6.07, 6.45) is 2.91. The van der Waals surface area contributed by atoms with Crippen LogP contribution >= 0.6 is 0 Å². The van der Waals surface area contributed by atoms with Crippen molar-refractivity contribution in [3.05, 3.63) is 11.6 Å². The van der Waals surface area contributed by atoms with Crippen LogP contribution in [-0.2, 0) is 9.53 Å². The standard InChI is InChI=1S/C9H12O4/c10-4-7-2-1-6-3-8(12)13-9(6,7)5-11/h2,6,10-11H,1,3-5H2/t6-,9+/m1/s1. The molecule has 0 amide bonds. The molecule has 1 saturated heterocycles. The van der Waals surface area contributed by atoms with Gasteiger partial charge in [-0.15, -0.1) is 0 Å². The first-order valence-corrected chi connectivity index (χ1v) is 4.36. The molecule has 0 aromatic rings. The SMILES string of the molecule is O=C1C[C@H]2CC=C(CO)[C@@]2(CO)O1. The molecule has 1 fully saturated rings. The van der Waals surface area contributed by atoms with E-state index >= 15 is 0 Å². The lowest BCUT2D eigenvalue weighted by molar-refractivity contribution is -0.149. The Morgan fingerprint density at radius 1 is 1.62 bits per heavy atom. The number of rotatable bonds is 2. The Labute approximate surface area is 75.8 Å². The second-order valence-electron chi connectivity index (χ2n) is 3.55. The molecule has 0 aromatic carbocycles. The lowest BCUT2D eigenvalue weighted by Crippen LogP contribution is -2.39. The molecule has 0 saturated carbocycles. The highest BCUT2D eigenvalue weighted by Crippen LogP contribution is 2.45. The zero-order valence-corrected chi connectivity index (χ0v) is 7.19. The summed E-state index contributed by atoms with van der Waals surface area (Å²) in [6, 6.07) is 0. The number of hydrogen-bond acceptors (Lipinski definition) is 4. The Balaban J connectivity index is 2.32. The van der Waals surface area contributed by atoms with E-state index in [9.17, 15) is 9.90 Å². The van der Waals surface area contributed by atoms with Gasteiger partial charge in [-0.2, -0.15) is 0 Å². The van der Waals surface area contributed by atoms with Gasteiger partial charge in [-0.25, -0.2) is 0 Å². The van der Waals surface area contributed by atoms with Gasteiger partial charge in [0, 0.05) is 5.92 Å². The molecule has 0 bridgehead atoms. The van der Waals surface area contributed by atoms with Crippen LogP contribution in [-0.4, -0.2) is 35.0 Å². The third kappa shape index (κ3) is 1.02. The molecule has 2 rings (SSSR count). The highest BCUT2D eigenvalue weighted by atomic mass is 16.6. The van der Waals surface area contributed by atoms with Crippen LogP contribution in [0.5, 0.6) is 0 Å². The summed E-state index contributed by atoms with van der Waals surface area (Å²) in [6.45, 7) is -0.375. The van der Waals surface area contributed by atoms with Crippen LogP contribution < -0.4 is 0 Å². The maximum absolute atomic E-state index is 11.0. The van der Waals surface area contributed by atoms with Gasteiger partial charge in [-0.05, 0) is 12.0 Å². The molecule has 72 valence electrons. The highest BCUT2D eigenvalue weighted by Gasteiger charge is 2.53. The van der Waals surface area contributed by atoms with E-state index in [1.54, 1.807) is 0 Å². The second-order valence-corrected chi connectivity index (χ2v) is 3.55. The fourth-order valence-electron chi connectivity index (χ4n) is 2.21. The highest BCUT2D eigenvalue weighted by molar-refractivity contribution is 5.74. The quantitative estimate of drug-likeness (QED) is 0.453. The molecule has 2 N–H and O–H groups in total. The first-order valence-electron chi connectivity index (χ1n) is 4.36. The summed E-state index contributed by atoms with van der Waals surface area (Å²) in [5.41, 5.74) is -0.253. The number of ether oxygens (including phenoxy) is 1. The number of carbonyl (C=O) groups excluding carboxylic acids is 1. The van der Waals surface area contributed by atoms with Crippen molar-refractivity contribution in [1.29, 1.82) is 0 Å². The Bertz CT molecular complexity index is 271. The average Bonchev–Trinajstić information content (AvgIpc) is 2.58. The van der Waals surface area contributed by atoms with E-state index in [0.29, 0.717) is 18.4 Å². The Kier molecular flexibility index (Phi) is 1.89. The van der Waals surface area contributed by atoms with Crippen molar-refractivity contribution in [2.75, 3.05) is 13.2 Å². The first kappa shape index (κ1) is 8.72. The Morgan fingerprint density at radius 3 is 3.00 bits per heavy atom. The second kappa shape index (κ2) is 2.82. The molecule has 2 atom stereocenters. The summed E-state index contributed by atoms with van der Waals surface area (Å²) in [5.74, 6) is -0.259. The molecule has 4 heteroatoms. The molecule has 0 spiro atoms. The molecule has 2 aliphatic rings. The summed E-state index contributed by atoms with van der Waals surface area (Å²) in [7, 11) is 0. The lowest BCUT2D eigenvalue weighted by Gasteiger charge is -2.28. The molecular formula is C9H12O4. The van der Waals surface area contributed by atoms with Gasteiger partial charge in [-0.3, -0.25) is 4.79 Å². The van der Waals surface area contributed by atoms with E-state index in [1.165, 1.54) is 0 Å². The maximum atomic E-state index is 11.0. The number of carbonyl (C=O) groups is 1. The van der Waals surface area contributed by atoms with Gasteiger partial charge in [0.1, 0.15) is 0 Å². The van der Waals surface area contributed by atoms with E-state index in [0.717, 1.165) is 0 Å². The van der Waals surface area contributed by atoms with Gasteiger partial charge >= 0.3 is 5.97 Å². The number of allylic oxidation sites excluding steroid dienone is 1. The van der Waals surface area contributed by atoms with E-state index in [4.69, 9.17) is 9.84 Å². The van der Waals surface area contributed by atoms with Crippen LogP contribution in [0.3, 0.4) is 0 Å². The van der Waals surface area contributed by atoms with Crippen molar-refractivity contribution in [2.24, 2.45) is 5.92 Å². The Morgan fingerprint density at radius 2 is 2.38 bits per heavy atom. The monoisotopic (exact) mass is 184 g/mol. The van der Waals surface area contributed by atoms with E-state index in [-0.39, 0.29) is 25.1 Å². The molecule has 0 unspecified atom stereocenters. The fraction of sp³-hybridized carbons (Fsp3) is 0.667. The number of aliphatic hydroxyl groups excluding tert-OH is 2. The van der Waals surface area contributed by atoms with Gasteiger partial charge in [0.05, 0.1) is 19.6 Å². The largest absolute Gasteiger partial charge is 0.452 e. The normalized spacial score (nSPS) is 37.2. The number of aliphatic hydroxyl groups is 2. The van der Waals surface area contributed by atoms with E-state index in [2.05, 4.69) is 0 Å². The zero-order chi connectivity index (χ0) is 9.47. The van der Waals surface area contributed by atoms with Crippen molar-refractivity contribution >= 4 is 5.97 Å². The zero-order valence-electron chi connectivity index (χ0n) is 7.19. The molecule has 4 nitrogen and oxygen atoms in total. The van der Waals surface area contributed by atoms with Crippen LogP contribution in [0.15, 0.2) is 11.6 Å². The fourth-order valence-corrected chi connectivity index (χ4v) is 2.21. The average molecular weight is 184 g/mol. The molecule has 0 aromatic heterocycles. The van der Waals surface area contributed by atoms with Crippen LogP contribution in [0, 0.1) is 5.92 Å². The molecular weight excluding hydrogens is 172 g/mol. The van der Waals surface area contributed by atoms with Crippen molar-refractivity contribution in [2.45, 2.75) is 18.4 Å². The summed E-state index contributed by atoms with van der Waals surface area (Å²) in [5, 5.41) is 18.2. The van der Waals surface area contributed by atoms with Crippen molar-refractivity contribution in [3.63, 3.8) is 0 Å². The number of esters is 1. The van der Waals surface area contributed by atoms with Gasteiger partial charge in [0.25, 0.3) is 0 Å². The molecule has 1 heterocycles. The number of fused-ring (bicyclic) bond motifs is 1. The number of hydrogen-bond donors (Lipinski definition) is 2. The first-order chi connectivity index (χ1) is 6.23. The third-order valence-electron chi connectivity index (χ3n) is 2.97. The molecule has 1 aliphatic heterocycles. The smallest absolute Gasteiger partial charge is 0.307 e. The third-order valence-corrected chi connectivity index (χ3v) is 2.97. The van der Waals surface area contributed by atoms with Crippen LogP contribution in [0.2, 0.25) is 0 Å². The summed E-state index contributed by atoms with van der Waals surface area (Å²) in [4.78, 5) is 11.0. The topological polar surface area (TPSA) is 66.8 Å². The predicted octanol–water partition coefficient (Wildman–Crippen LogP) is -0.397. The predicted molar refractivity (Wildman–Crippen MR) is 43.8 cm³/mol. The summed E-state index contributed by atoms with van der Waals surface area (Å²) < 4.78 is 5.11. The van der Waals surface area contributed by atoms with Crippen LogP contribution in [0.25, 0.3) is 0 Å². The summed E-state index contributed by atoms with van der Waals surface area (Å²) >= 11 is 0. The molecule has 0 radical (unpaired) electrons. The van der Waals surface area contributed by atoms with Crippen molar-refractivity contribution in [3.8, 4) is 0 Å². The Hall–Kier alpha value is -0.870. The van der Waals surface area contributed by atoms with E-state index < -0.39 is 5.60 Å². The minimum atomic E-state index is -0.897. The van der Waals surface area contributed by atoms with Gasteiger partial charge in [0.15, 0.2) is 5.60 Å². The minimum absolute atomic E-state index is 0.0205. The minimum Gasteiger partial charge on any atom is -0.452 e. The van der Waals surface area contributed by atoms with Crippen LogP contribution in [0.4, 0.5) is 0 Å². The van der Waals surface area contributed by atoms with E-state index in [1.807, 2.05) is 6.08 Å². The van der Waals surface area contributed by atoms with Gasteiger partial charge in [0.2, 0.25) is 0 Å². The van der Waals surface area contributed by atoms with Gasteiger partial charge in [-0.1, -0.05) is 6.08 Å². The van der Waals surface area contributed by atoms with Gasteiger partial charge < -0.3 is 14.9 Å². The molecule has 13 heavy (non-hydrogen) atoms. The maximum Gasteiger partial charge on any atom is 0.307 e. The van der Waals surface area contributed by atoms with Crippen LogP contribution in [0.1, 0.15) is 12.8 Å².